The maximum absolute atomic E-state index is 14.9. The number of esters is 2. The molecule has 3 amide bonds. The van der Waals surface area contributed by atoms with Crippen LogP contribution in [0, 0.1) is 36.5 Å². The van der Waals surface area contributed by atoms with Crippen molar-refractivity contribution in [3.05, 3.63) is 87.8 Å². The summed E-state index contributed by atoms with van der Waals surface area (Å²) < 4.78 is 53.9. The first-order valence-corrected chi connectivity index (χ1v) is 30.9. The van der Waals surface area contributed by atoms with E-state index >= 15 is 0 Å². The van der Waals surface area contributed by atoms with Gasteiger partial charge in [-0.1, -0.05) is 71.9 Å². The second kappa shape index (κ2) is 25.6. The van der Waals surface area contributed by atoms with E-state index < -0.39 is 134 Å². The molecule has 27 heteroatoms. The fourth-order valence-corrected chi connectivity index (χ4v) is 13.8. The number of phenolic OH excluding ortho intramolecular Hbond substituents is 2. The number of ether oxygens (including phenoxy) is 5. The fraction of sp³-hybridized carbons (Fsp3) is 0.526. The van der Waals surface area contributed by atoms with E-state index in [2.05, 4.69) is 34.7 Å². The molecule has 8 rings (SSSR count). The maximum atomic E-state index is 14.9. The summed E-state index contributed by atoms with van der Waals surface area (Å²) in [7, 11) is -9.00. The van der Waals surface area contributed by atoms with Crippen molar-refractivity contribution in [2.24, 2.45) is 39.6 Å². The van der Waals surface area contributed by atoms with Crippen LogP contribution in [0.15, 0.2) is 70.4 Å². The van der Waals surface area contributed by atoms with E-state index in [0.29, 0.717) is 31.8 Å². The summed E-state index contributed by atoms with van der Waals surface area (Å²) >= 11 is 0. The topological polar surface area (TPSA) is 371 Å². The van der Waals surface area contributed by atoms with Crippen LogP contribution in [0.4, 0.5) is 16.2 Å². The van der Waals surface area contributed by atoms with E-state index in [1.165, 1.54) is 83.6 Å². The SMILES string of the molecule is CO[C@H]1/C=C/O[C@@]2(C)Oc3c(C)c(O)c4c(O)c(c5c(c4c3C2=O)=NC2(CCN(CC(C)C)CC2)N=5)NC(=O)/C(C)=C\C=C\[C@H](C)[C@H](OC(=O)CNC(=O)Nc2ccc(CC(P(=O)(O)O)P(=O)(O)O)cc2)[C@@H](C)[C@@H](O)[C@@H](C)[C@H](OC(C)=O)[C@@H]1C. The highest BCUT2D eigenvalue weighted by Crippen LogP contribution is 2.61. The number of phenols is 2. The molecule has 0 aliphatic carbocycles. The van der Waals surface area contributed by atoms with Crippen molar-refractivity contribution in [2.45, 2.75) is 130 Å². The molecule has 1 spiro atoms. The maximum Gasteiger partial charge on any atom is 0.341 e. The lowest BCUT2D eigenvalue weighted by Crippen LogP contribution is -2.48. The summed E-state index contributed by atoms with van der Waals surface area (Å²) in [4.78, 5) is 119. The molecule has 5 bridgehead atoms. The number of rotatable bonds is 12. The Hall–Kier alpha value is -6.53. The Morgan fingerprint density at radius 1 is 0.881 bits per heavy atom. The molecule has 3 aromatic carbocycles. The van der Waals surface area contributed by atoms with Gasteiger partial charge in [0.15, 0.2) is 16.8 Å². The highest BCUT2D eigenvalue weighted by atomic mass is 31.2. The Bertz CT molecular complexity index is 3370. The van der Waals surface area contributed by atoms with Gasteiger partial charge in [0.1, 0.15) is 41.3 Å². The van der Waals surface area contributed by atoms with Gasteiger partial charge in [0.05, 0.1) is 34.8 Å². The normalized spacial score (nSPS) is 27.2. The van der Waals surface area contributed by atoms with E-state index in [-0.39, 0.29) is 60.9 Å². The predicted molar refractivity (Wildman–Crippen MR) is 307 cm³/mol. The molecule has 10 N–H and O–H groups in total. The van der Waals surface area contributed by atoms with E-state index in [0.717, 1.165) is 6.54 Å². The van der Waals surface area contributed by atoms with Crippen molar-refractivity contribution in [3.63, 3.8) is 0 Å². The number of likely N-dealkylation sites (tertiary alicyclic amines) is 1. The number of carbonyl (C=O) groups is 5. The van der Waals surface area contributed by atoms with Gasteiger partial charge in [-0.15, -0.1) is 0 Å². The molecule has 0 unspecified atom stereocenters. The molecule has 458 valence electrons. The first kappa shape index (κ1) is 65.0. The molecule has 1 saturated heterocycles. The second-order valence-corrected chi connectivity index (χ2v) is 26.8. The number of ketones is 1. The standard InChI is InChI=1S/C57H76N6O19P2/c1-28(2)27-63-22-20-57(21-23-63)61-44-41-42-48(67)34(8)52-43(41)53(69)56(10,82-52)79-24-19-38(78-11)31(5)51(80-35(9)64)33(7)47(66)32(6)50(29(3)13-12-14-30(4)54(70)60-46(49(42)68)45(44)62-57)81-39(65)26-58-55(71)59-37-17-15-36(16-18-37)25-40(83(72,73)74)84(75,76)77/h12-19,24,28-29,31-33,38,40,47,50-51,66-68H,20-23,25-27H2,1-11H3,(H,60,70)(H2,58,59,71)(H2,72,73,74)(H2,75,76,77)/b13-12+,24-19+,30-14-/t29-,31+,32-,33+,38-,47+,50-,51+,56-/m0/s1. The van der Waals surface area contributed by atoms with Crippen molar-refractivity contribution in [2.75, 3.05) is 43.9 Å². The Balaban J connectivity index is 1.24. The molecule has 5 aliphatic rings. The number of methoxy groups -OCH3 is 1. The van der Waals surface area contributed by atoms with Crippen molar-refractivity contribution in [1.29, 1.82) is 0 Å². The Morgan fingerprint density at radius 3 is 2.10 bits per heavy atom. The van der Waals surface area contributed by atoms with Crippen LogP contribution in [-0.2, 0) is 48.9 Å². The van der Waals surface area contributed by atoms with Crippen LogP contribution in [-0.4, -0.2) is 144 Å². The van der Waals surface area contributed by atoms with Crippen LogP contribution in [0.3, 0.4) is 0 Å². The molecular weight excluding hydrogens is 1130 g/mol. The molecule has 3 aromatic rings. The van der Waals surface area contributed by atoms with Crippen molar-refractivity contribution in [3.8, 4) is 17.2 Å². The number of nitrogens with zero attached hydrogens (tertiary/aromatic N) is 3. The smallest absolute Gasteiger partial charge is 0.341 e. The number of amides is 3. The highest BCUT2D eigenvalue weighted by Gasteiger charge is 2.51. The predicted octanol–water partition coefficient (Wildman–Crippen LogP) is 5.35. The molecule has 25 nitrogen and oxygen atoms in total. The summed E-state index contributed by atoms with van der Waals surface area (Å²) in [5.41, 5.74) is -0.733. The zero-order valence-corrected chi connectivity index (χ0v) is 50.5. The Labute approximate surface area is 485 Å². The van der Waals surface area contributed by atoms with Gasteiger partial charge < -0.3 is 79.4 Å². The average molecular weight is 1210 g/mol. The molecule has 0 saturated carbocycles. The Kier molecular flexibility index (Phi) is 19.8. The summed E-state index contributed by atoms with van der Waals surface area (Å²) in [6.07, 6.45) is 3.02. The number of urea groups is 1. The van der Waals surface area contributed by atoms with Crippen molar-refractivity contribution in [1.82, 2.24) is 10.2 Å². The molecule has 5 aliphatic heterocycles. The van der Waals surface area contributed by atoms with E-state index in [1.54, 1.807) is 33.8 Å². The number of aliphatic hydroxyl groups excluding tert-OH is 1. The van der Waals surface area contributed by atoms with Crippen LogP contribution >= 0.6 is 15.2 Å². The first-order chi connectivity index (χ1) is 39.2. The lowest BCUT2D eigenvalue weighted by molar-refractivity contribution is -0.164. The zero-order chi connectivity index (χ0) is 62.1. The third kappa shape index (κ3) is 14.1. The van der Waals surface area contributed by atoms with Crippen LogP contribution in [0.1, 0.15) is 96.6 Å². The number of allylic oxidation sites excluding steroid dienone is 2. The Morgan fingerprint density at radius 2 is 1.50 bits per heavy atom. The van der Waals surface area contributed by atoms with Gasteiger partial charge in [0.2, 0.25) is 0 Å². The van der Waals surface area contributed by atoms with E-state index in [1.807, 2.05) is 0 Å². The van der Waals surface area contributed by atoms with Gasteiger partial charge in [-0.2, -0.15) is 0 Å². The number of benzene rings is 3. The number of fused-ring (bicyclic) bond motifs is 13. The first-order valence-electron chi connectivity index (χ1n) is 27.5. The van der Waals surface area contributed by atoms with Gasteiger partial charge in [-0.3, -0.25) is 38.3 Å². The van der Waals surface area contributed by atoms with Crippen molar-refractivity contribution >= 4 is 67.0 Å². The van der Waals surface area contributed by atoms with Crippen LogP contribution < -0.4 is 31.4 Å². The van der Waals surface area contributed by atoms with Crippen molar-refractivity contribution < 1.29 is 91.7 Å². The number of aromatic hydroxyl groups is 2. The number of Topliss-reactive ketones (excluding diaryl/α,β-unsaturated/α-hetero) is 1. The number of nitrogens with one attached hydrogen (secondary N) is 3. The lowest BCUT2D eigenvalue weighted by atomic mass is 9.78. The molecule has 9 atom stereocenters. The number of anilines is 2. The molecule has 5 heterocycles. The highest BCUT2D eigenvalue weighted by molar-refractivity contribution is 7.70. The van der Waals surface area contributed by atoms with E-state index in [9.17, 15) is 68.0 Å². The third-order valence-electron chi connectivity index (χ3n) is 15.9. The molecule has 0 aromatic heterocycles. The molecule has 0 radical (unpaired) electrons. The van der Waals surface area contributed by atoms with Gasteiger partial charge in [0.25, 0.3) is 11.7 Å². The number of aliphatic hydroxyl groups is 1. The van der Waals surface area contributed by atoms with Crippen LogP contribution in [0.5, 0.6) is 17.2 Å². The van der Waals surface area contributed by atoms with Gasteiger partial charge in [-0.05, 0) is 50.0 Å². The van der Waals surface area contributed by atoms with E-state index in [4.69, 9.17) is 33.7 Å². The summed E-state index contributed by atoms with van der Waals surface area (Å²) in [6.45, 7) is 17.9. The number of hydrogen-bond acceptors (Lipinski definition) is 18. The summed E-state index contributed by atoms with van der Waals surface area (Å²) in [6, 6.07) is 4.35. The third-order valence-corrected chi connectivity index (χ3v) is 19.6. The minimum absolute atomic E-state index is 0.0207. The largest absolute Gasteiger partial charge is 0.507 e. The second-order valence-electron chi connectivity index (χ2n) is 22.8. The quantitative estimate of drug-likeness (QED) is 0.0621. The average Bonchev–Trinajstić information content (AvgIpc) is 1.57. The summed E-state index contributed by atoms with van der Waals surface area (Å²) in [5, 5.41) is 42.1. The summed E-state index contributed by atoms with van der Waals surface area (Å²) in [5.74, 6) is -9.03. The minimum atomic E-state index is -5.20. The monoisotopic (exact) mass is 1210 g/mol. The molecular formula is C57H76N6O19P2. The number of hydrogen-bond donors (Lipinski definition) is 10. The van der Waals surface area contributed by atoms with Gasteiger partial charge in [0, 0.05) is 99.3 Å². The lowest BCUT2D eigenvalue weighted by Gasteiger charge is -2.39. The van der Waals surface area contributed by atoms with Gasteiger partial charge in [-0.25, -0.2) is 4.79 Å². The van der Waals surface area contributed by atoms with Gasteiger partial charge >= 0.3 is 38.9 Å². The number of carbonyl (C=O) groups excluding carboxylic acids is 5. The minimum Gasteiger partial charge on any atom is -0.507 e. The van der Waals surface area contributed by atoms with Crippen LogP contribution in [0.25, 0.3) is 10.8 Å². The molecule has 1 fully saturated rings. The molecule has 84 heavy (non-hydrogen) atoms. The fourth-order valence-electron chi connectivity index (χ4n) is 11.3. The zero-order valence-electron chi connectivity index (χ0n) is 48.7. The number of piperidine rings is 1. The van der Waals surface area contributed by atoms with Crippen LogP contribution in [0.2, 0.25) is 0 Å².